The zero-order chi connectivity index (χ0) is 12.5. The van der Waals surface area contributed by atoms with Crippen molar-refractivity contribution in [2.24, 2.45) is 0 Å². The molecule has 2 atom stereocenters. The van der Waals surface area contributed by atoms with Gasteiger partial charge in [0.1, 0.15) is 6.10 Å². The highest BCUT2D eigenvalue weighted by Crippen LogP contribution is 2.43. The molecule has 0 bridgehead atoms. The van der Waals surface area contributed by atoms with Crippen molar-refractivity contribution < 1.29 is 24.2 Å². The first-order valence-electron chi connectivity index (χ1n) is 5.59. The van der Waals surface area contributed by atoms with Gasteiger partial charge in [0.2, 0.25) is 5.60 Å². The molecular formula is C12H14O5. The molecule has 0 spiro atoms. The molecule has 1 N–H and O–H groups in total. The van der Waals surface area contributed by atoms with Gasteiger partial charge in [0.25, 0.3) is 0 Å². The molecule has 5 nitrogen and oxygen atoms in total. The summed E-state index contributed by atoms with van der Waals surface area (Å²) in [6.45, 7) is 2.38. The number of esters is 1. The molecule has 1 aliphatic heterocycles. The number of carbonyl (C=O) groups is 2. The van der Waals surface area contributed by atoms with E-state index in [1.54, 1.807) is 0 Å². The molecular weight excluding hydrogens is 224 g/mol. The number of carboxylic acid groups (broad SMARTS) is 1. The van der Waals surface area contributed by atoms with Crippen LogP contribution in [0.5, 0.6) is 0 Å². The summed E-state index contributed by atoms with van der Waals surface area (Å²) < 4.78 is 10.3. The van der Waals surface area contributed by atoms with Gasteiger partial charge in [0.05, 0.1) is 12.2 Å². The van der Waals surface area contributed by atoms with Crippen LogP contribution in [0.1, 0.15) is 19.8 Å². The molecule has 92 valence electrons. The lowest BCUT2D eigenvalue weighted by Crippen LogP contribution is -2.29. The molecule has 2 aliphatic rings. The Labute approximate surface area is 98.7 Å². The van der Waals surface area contributed by atoms with Crippen LogP contribution in [0.4, 0.5) is 0 Å². The summed E-state index contributed by atoms with van der Waals surface area (Å²) in [5.41, 5.74) is -0.920. The van der Waals surface area contributed by atoms with E-state index in [9.17, 15) is 9.59 Å². The van der Waals surface area contributed by atoms with E-state index in [1.165, 1.54) is 18.2 Å². The molecule has 1 aliphatic carbocycles. The highest BCUT2D eigenvalue weighted by Gasteiger charge is 2.62. The van der Waals surface area contributed by atoms with E-state index in [1.807, 2.05) is 6.92 Å². The quantitative estimate of drug-likeness (QED) is 0.440. The van der Waals surface area contributed by atoms with E-state index < -0.39 is 23.6 Å². The molecule has 0 aromatic rings. The van der Waals surface area contributed by atoms with Crippen molar-refractivity contribution in [3.05, 3.63) is 23.8 Å². The van der Waals surface area contributed by atoms with Crippen LogP contribution in [0.25, 0.3) is 0 Å². The first-order chi connectivity index (χ1) is 8.10. The molecule has 17 heavy (non-hydrogen) atoms. The molecule has 2 unspecified atom stereocenters. The lowest BCUT2D eigenvalue weighted by atomic mass is 9.97. The highest BCUT2D eigenvalue weighted by atomic mass is 16.7. The number of hydrogen-bond donors (Lipinski definition) is 1. The lowest BCUT2D eigenvalue weighted by molar-refractivity contribution is -0.148. The maximum atomic E-state index is 11.7. The Morgan fingerprint density at radius 3 is 2.94 bits per heavy atom. The summed E-state index contributed by atoms with van der Waals surface area (Å²) in [4.78, 5) is 22.4. The summed E-state index contributed by atoms with van der Waals surface area (Å²) in [7, 11) is 0. The van der Waals surface area contributed by atoms with Gasteiger partial charge in [-0.2, -0.15) is 0 Å². The number of epoxide rings is 1. The molecule has 5 heteroatoms. The Morgan fingerprint density at radius 1 is 1.59 bits per heavy atom. The van der Waals surface area contributed by atoms with Crippen molar-refractivity contribution in [1.29, 1.82) is 0 Å². The summed E-state index contributed by atoms with van der Waals surface area (Å²) in [6, 6.07) is 0. The van der Waals surface area contributed by atoms with Gasteiger partial charge in [-0.15, -0.1) is 0 Å². The number of hydrogen-bond acceptors (Lipinski definition) is 4. The summed E-state index contributed by atoms with van der Waals surface area (Å²) in [5, 5.41) is 8.78. The van der Waals surface area contributed by atoms with Crippen LogP contribution in [0, 0.1) is 0 Å². The van der Waals surface area contributed by atoms with Gasteiger partial charge in [0.15, 0.2) is 0 Å². The minimum atomic E-state index is -1.06. The van der Waals surface area contributed by atoms with Crippen LogP contribution in [-0.4, -0.2) is 35.4 Å². The van der Waals surface area contributed by atoms with Gasteiger partial charge in [-0.25, -0.2) is 9.59 Å². The number of ether oxygens (including phenoxy) is 2. The van der Waals surface area contributed by atoms with Crippen molar-refractivity contribution >= 4 is 11.9 Å². The van der Waals surface area contributed by atoms with E-state index >= 15 is 0 Å². The van der Waals surface area contributed by atoms with Gasteiger partial charge in [-0.3, -0.25) is 0 Å². The molecule has 0 aromatic heterocycles. The monoisotopic (exact) mass is 238 g/mol. The van der Waals surface area contributed by atoms with Crippen molar-refractivity contribution in [3.63, 3.8) is 0 Å². The molecule has 0 radical (unpaired) electrons. The summed E-state index contributed by atoms with van der Waals surface area (Å²) in [5.74, 6) is -1.46. The van der Waals surface area contributed by atoms with Crippen LogP contribution in [0.15, 0.2) is 23.8 Å². The number of rotatable bonds is 5. The van der Waals surface area contributed by atoms with E-state index in [0.717, 1.165) is 12.8 Å². The minimum Gasteiger partial charge on any atom is -0.478 e. The molecule has 1 fully saturated rings. The van der Waals surface area contributed by atoms with Crippen molar-refractivity contribution in [2.75, 3.05) is 6.61 Å². The van der Waals surface area contributed by atoms with Crippen LogP contribution < -0.4 is 0 Å². The average molecular weight is 238 g/mol. The predicted octanol–water partition coefficient (Wildman–Crippen LogP) is 1.05. The van der Waals surface area contributed by atoms with Gasteiger partial charge >= 0.3 is 11.9 Å². The Hall–Kier alpha value is -1.62. The fourth-order valence-electron chi connectivity index (χ4n) is 1.70. The fourth-order valence-corrected chi connectivity index (χ4v) is 1.70. The average Bonchev–Trinajstić information content (AvgIpc) is 3.03. The third-order valence-electron chi connectivity index (χ3n) is 2.83. The third kappa shape index (κ3) is 2.10. The first kappa shape index (κ1) is 11.9. The van der Waals surface area contributed by atoms with Crippen LogP contribution in [-0.2, 0) is 19.1 Å². The summed E-state index contributed by atoms with van der Waals surface area (Å²) >= 11 is 0. The van der Waals surface area contributed by atoms with Gasteiger partial charge < -0.3 is 14.6 Å². The van der Waals surface area contributed by atoms with Gasteiger partial charge in [0, 0.05) is 0 Å². The first-order valence-corrected chi connectivity index (χ1v) is 5.59. The van der Waals surface area contributed by atoms with E-state index in [-0.39, 0.29) is 5.57 Å². The third-order valence-corrected chi connectivity index (χ3v) is 2.83. The predicted molar refractivity (Wildman–Crippen MR) is 58.3 cm³/mol. The second-order valence-electron chi connectivity index (χ2n) is 4.08. The minimum absolute atomic E-state index is 0.143. The molecule has 0 aromatic carbocycles. The van der Waals surface area contributed by atoms with Gasteiger partial charge in [-0.05, 0) is 24.6 Å². The molecule has 2 rings (SSSR count). The standard InChI is InChI=1S/C12H14O5/c1-2-3-6-16-11(15)12-5-4-8(10(13)14)7-9(12)17-12/h4-5,7,9H,2-3,6H2,1H3,(H,13,14). The maximum absolute atomic E-state index is 11.7. The highest BCUT2D eigenvalue weighted by molar-refractivity contribution is 5.94. The zero-order valence-corrected chi connectivity index (χ0v) is 9.51. The van der Waals surface area contributed by atoms with E-state index in [2.05, 4.69) is 0 Å². The van der Waals surface area contributed by atoms with E-state index in [4.69, 9.17) is 14.6 Å². The van der Waals surface area contributed by atoms with E-state index in [0.29, 0.717) is 6.61 Å². The van der Waals surface area contributed by atoms with Gasteiger partial charge in [-0.1, -0.05) is 13.3 Å². The molecule has 1 heterocycles. The van der Waals surface area contributed by atoms with Crippen molar-refractivity contribution in [2.45, 2.75) is 31.5 Å². The number of carbonyl (C=O) groups excluding carboxylic acids is 1. The molecule has 0 saturated carbocycles. The molecule has 1 saturated heterocycles. The fraction of sp³-hybridized carbons (Fsp3) is 0.500. The second kappa shape index (κ2) is 4.33. The lowest BCUT2D eigenvalue weighted by Gasteiger charge is -2.10. The van der Waals surface area contributed by atoms with Crippen LogP contribution in [0.3, 0.4) is 0 Å². The molecule has 0 amide bonds. The normalized spacial score (nSPS) is 29.2. The summed E-state index contributed by atoms with van der Waals surface area (Å²) in [6.07, 6.45) is 5.55. The van der Waals surface area contributed by atoms with Crippen molar-refractivity contribution in [3.8, 4) is 0 Å². The number of unbranched alkanes of at least 4 members (excludes halogenated alkanes) is 1. The second-order valence-corrected chi connectivity index (χ2v) is 4.08. The number of fused-ring (bicyclic) bond motifs is 1. The largest absolute Gasteiger partial charge is 0.478 e. The zero-order valence-electron chi connectivity index (χ0n) is 9.51. The van der Waals surface area contributed by atoms with Crippen molar-refractivity contribution in [1.82, 2.24) is 0 Å². The maximum Gasteiger partial charge on any atom is 0.345 e. The number of carboxylic acids is 1. The number of aliphatic carboxylic acids is 1. The van der Waals surface area contributed by atoms with Crippen LogP contribution >= 0.6 is 0 Å². The Kier molecular flexibility index (Phi) is 3.02. The smallest absolute Gasteiger partial charge is 0.345 e. The Morgan fingerprint density at radius 2 is 2.35 bits per heavy atom. The van der Waals surface area contributed by atoms with Crippen LogP contribution in [0.2, 0.25) is 0 Å². The Balaban J connectivity index is 1.96. The topological polar surface area (TPSA) is 76.1 Å². The SMILES string of the molecule is CCCCOC(=O)C12C=CC(C(=O)O)=CC1O2. The Bertz CT molecular complexity index is 409.